The summed E-state index contributed by atoms with van der Waals surface area (Å²) in [6, 6.07) is 17.3. The Labute approximate surface area is 153 Å². The van der Waals surface area contributed by atoms with Crippen molar-refractivity contribution in [3.05, 3.63) is 66.5 Å². The maximum Gasteiger partial charge on any atom is 0.170 e. The monoisotopic (exact) mass is 343 g/mol. The van der Waals surface area contributed by atoms with Crippen LogP contribution in [0.5, 0.6) is 0 Å². The second kappa shape index (κ2) is 5.12. The second-order valence-corrected chi connectivity index (χ2v) is 7.59. The number of rotatable bonds is 1. The summed E-state index contributed by atoms with van der Waals surface area (Å²) in [5.41, 5.74) is 4.50. The van der Waals surface area contributed by atoms with Gasteiger partial charge in [0, 0.05) is 36.2 Å². The van der Waals surface area contributed by atoms with Crippen LogP contribution in [0.25, 0.3) is 32.7 Å². The van der Waals surface area contributed by atoms with Gasteiger partial charge in [0.05, 0.1) is 18.8 Å². The number of nitrogens with zero attached hydrogens (tertiary/aromatic N) is 2. The van der Waals surface area contributed by atoms with Gasteiger partial charge >= 0.3 is 0 Å². The van der Waals surface area contributed by atoms with Crippen molar-refractivity contribution in [3.8, 4) is 0 Å². The van der Waals surface area contributed by atoms with E-state index in [4.69, 9.17) is 4.42 Å². The van der Waals surface area contributed by atoms with Crippen molar-refractivity contribution in [2.45, 2.75) is 20.0 Å². The van der Waals surface area contributed by atoms with Crippen LogP contribution in [-0.4, -0.2) is 25.2 Å². The molecule has 0 radical (unpaired) electrons. The van der Waals surface area contributed by atoms with Gasteiger partial charge in [-0.3, -0.25) is 0 Å². The zero-order valence-electron chi connectivity index (χ0n) is 15.7. The highest BCUT2D eigenvalue weighted by Gasteiger charge is 2.38. The van der Waals surface area contributed by atoms with E-state index in [1.165, 1.54) is 32.8 Å². The Morgan fingerprint density at radius 3 is 2.42 bits per heavy atom. The molecule has 0 bridgehead atoms. The predicted octanol–water partition coefficient (Wildman–Crippen LogP) is 5.75. The van der Waals surface area contributed by atoms with Crippen LogP contribution >= 0.6 is 0 Å². The quantitative estimate of drug-likeness (QED) is 0.409. The summed E-state index contributed by atoms with van der Waals surface area (Å²) in [5, 5.41) is 4.78. The van der Waals surface area contributed by atoms with Crippen LogP contribution in [0.4, 0.5) is 5.69 Å². The minimum absolute atomic E-state index is 0.358. The molecule has 2 heterocycles. The third-order valence-electron chi connectivity index (χ3n) is 6.25. The van der Waals surface area contributed by atoms with E-state index in [1.54, 1.807) is 0 Å². The lowest BCUT2D eigenvalue weighted by molar-refractivity contribution is 0.226. The van der Waals surface area contributed by atoms with Crippen LogP contribution in [0.2, 0.25) is 0 Å². The van der Waals surface area contributed by atoms with E-state index in [0.29, 0.717) is 6.17 Å². The fourth-order valence-electron chi connectivity index (χ4n) is 4.37. The van der Waals surface area contributed by atoms with E-state index in [2.05, 4.69) is 93.8 Å². The highest BCUT2D eigenvalue weighted by Crippen LogP contribution is 2.41. The van der Waals surface area contributed by atoms with Crippen LogP contribution < -0.4 is 4.48 Å². The van der Waals surface area contributed by atoms with Crippen LogP contribution in [0, 0.1) is 6.92 Å². The summed E-state index contributed by atoms with van der Waals surface area (Å²) in [6.07, 6.45) is 4.79. The second-order valence-electron chi connectivity index (χ2n) is 7.59. The van der Waals surface area contributed by atoms with Gasteiger partial charge in [-0.2, -0.15) is 0 Å². The van der Waals surface area contributed by atoms with Gasteiger partial charge in [0.15, 0.2) is 6.17 Å². The van der Waals surface area contributed by atoms with Crippen LogP contribution in [0.3, 0.4) is 0 Å². The maximum atomic E-state index is 6.46. The van der Waals surface area contributed by atoms with Crippen molar-refractivity contribution >= 4 is 38.4 Å². The first-order valence-corrected chi connectivity index (χ1v) is 9.12. The molecule has 1 aliphatic rings. The molecule has 3 heteroatoms. The molecule has 0 N–H and O–H groups in total. The first-order valence-electron chi connectivity index (χ1n) is 9.12. The molecule has 5 rings (SSSR count). The molecule has 1 unspecified atom stereocenters. The van der Waals surface area contributed by atoms with Crippen molar-refractivity contribution in [1.29, 1.82) is 0 Å². The van der Waals surface area contributed by atoms with Gasteiger partial charge in [-0.1, -0.05) is 30.3 Å². The molecule has 4 aromatic rings. The highest BCUT2D eigenvalue weighted by atomic mass is 16.3. The molecule has 0 fully saturated rings. The Morgan fingerprint density at radius 2 is 1.65 bits per heavy atom. The summed E-state index contributed by atoms with van der Waals surface area (Å²) in [7, 11) is 4.39. The number of hydrogen-bond donors (Lipinski definition) is 0. The summed E-state index contributed by atoms with van der Waals surface area (Å²) >= 11 is 0. The zero-order chi connectivity index (χ0) is 18.1. The van der Waals surface area contributed by atoms with E-state index in [0.717, 1.165) is 15.6 Å². The summed E-state index contributed by atoms with van der Waals surface area (Å²) in [4.78, 5) is 2.26. The Morgan fingerprint density at radius 1 is 0.923 bits per heavy atom. The Balaban J connectivity index is 1.82. The number of benzene rings is 3. The Bertz CT molecular complexity index is 1200. The standard InChI is InChI=1S/C23H23N2O/c1-15-21(25(4)14-13-24(3)16(25)2)12-11-19-20-10-9-17-7-5-6-8-18(17)23(20)26-22(15)19/h5-14,16H,1-4H3/q+1/t16-,25?/m0/s1. The largest absolute Gasteiger partial charge is 0.455 e. The minimum atomic E-state index is 0.358. The number of furan rings is 1. The molecule has 0 spiro atoms. The van der Waals surface area contributed by atoms with E-state index in [9.17, 15) is 0 Å². The number of fused-ring (bicyclic) bond motifs is 5. The van der Waals surface area contributed by atoms with E-state index < -0.39 is 0 Å². The van der Waals surface area contributed by atoms with Gasteiger partial charge < -0.3 is 9.32 Å². The fourth-order valence-corrected chi connectivity index (χ4v) is 4.37. The van der Waals surface area contributed by atoms with Crippen LogP contribution in [-0.2, 0) is 0 Å². The first kappa shape index (κ1) is 15.5. The number of hydrogen-bond acceptors (Lipinski definition) is 2. The zero-order valence-corrected chi connectivity index (χ0v) is 15.7. The topological polar surface area (TPSA) is 16.4 Å². The molecule has 26 heavy (non-hydrogen) atoms. The molecule has 130 valence electrons. The highest BCUT2D eigenvalue weighted by molar-refractivity contribution is 6.15. The van der Waals surface area contributed by atoms with E-state index in [1.807, 2.05) is 0 Å². The lowest BCUT2D eigenvalue weighted by atomic mass is 10.0. The third-order valence-corrected chi connectivity index (χ3v) is 6.25. The minimum Gasteiger partial charge on any atom is -0.455 e. The first-order chi connectivity index (χ1) is 12.5. The Kier molecular flexibility index (Phi) is 3.05. The molecule has 0 aliphatic carbocycles. The third kappa shape index (κ3) is 1.86. The lowest BCUT2D eigenvalue weighted by Crippen LogP contribution is -2.49. The summed E-state index contributed by atoms with van der Waals surface area (Å²) in [6.45, 7) is 4.44. The van der Waals surface area contributed by atoms with Crippen molar-refractivity contribution in [2.24, 2.45) is 0 Å². The fraction of sp³-hybridized carbons (Fsp3) is 0.217. The van der Waals surface area contributed by atoms with Crippen LogP contribution in [0.1, 0.15) is 12.5 Å². The van der Waals surface area contributed by atoms with Crippen molar-refractivity contribution in [1.82, 2.24) is 9.38 Å². The van der Waals surface area contributed by atoms with E-state index in [-0.39, 0.29) is 0 Å². The van der Waals surface area contributed by atoms with Crippen LogP contribution in [0.15, 0.2) is 65.3 Å². The smallest absolute Gasteiger partial charge is 0.170 e. The molecule has 1 aliphatic heterocycles. The van der Waals surface area contributed by atoms with Crippen molar-refractivity contribution < 1.29 is 4.42 Å². The van der Waals surface area contributed by atoms with Crippen molar-refractivity contribution in [3.63, 3.8) is 0 Å². The summed E-state index contributed by atoms with van der Waals surface area (Å²) < 4.78 is 7.22. The van der Waals surface area contributed by atoms with Gasteiger partial charge in [0.1, 0.15) is 23.1 Å². The molecular formula is C23H23N2O+. The molecule has 0 saturated carbocycles. The van der Waals surface area contributed by atoms with Gasteiger partial charge in [-0.05, 0) is 24.4 Å². The van der Waals surface area contributed by atoms with Gasteiger partial charge in [-0.15, -0.1) is 0 Å². The SMILES string of the molecule is Cc1c([N+]2(C)C=CN(C)[C@@H]2C)ccc2c1oc1c3ccccc3ccc21. The number of quaternary nitrogens is 1. The predicted molar refractivity (Wildman–Crippen MR) is 110 cm³/mol. The van der Waals surface area contributed by atoms with E-state index >= 15 is 0 Å². The molecule has 3 nitrogen and oxygen atoms in total. The number of aryl methyl sites for hydroxylation is 1. The normalized spacial score (nSPS) is 22.9. The maximum absolute atomic E-state index is 6.46. The van der Waals surface area contributed by atoms with Gasteiger partial charge in [-0.25, -0.2) is 4.48 Å². The van der Waals surface area contributed by atoms with Gasteiger partial charge in [0.2, 0.25) is 0 Å². The molecule has 3 aromatic carbocycles. The average molecular weight is 343 g/mol. The Hall–Kier alpha value is -2.78. The lowest BCUT2D eigenvalue weighted by Gasteiger charge is -2.35. The molecule has 0 amide bonds. The van der Waals surface area contributed by atoms with Crippen molar-refractivity contribution in [2.75, 3.05) is 14.1 Å². The molecular weight excluding hydrogens is 320 g/mol. The molecule has 2 atom stereocenters. The van der Waals surface area contributed by atoms with Gasteiger partial charge in [0.25, 0.3) is 0 Å². The average Bonchev–Trinajstić information content (AvgIpc) is 3.16. The molecule has 0 saturated heterocycles. The molecule has 1 aromatic heterocycles. The summed E-state index contributed by atoms with van der Waals surface area (Å²) in [5.74, 6) is 0.